The number of thioether (sulfide) groups is 2. The normalized spacial score (nSPS) is 17.9. The number of nitrogens with zero attached hydrogens (tertiary/aromatic N) is 6. The number of hydrazone groups is 2. The van der Waals surface area contributed by atoms with E-state index >= 15 is 0 Å². The van der Waals surface area contributed by atoms with E-state index in [0.717, 1.165) is 31.5 Å². The summed E-state index contributed by atoms with van der Waals surface area (Å²) in [5.74, 6) is 0.244. The van der Waals surface area contributed by atoms with E-state index < -0.39 is 11.7 Å². The summed E-state index contributed by atoms with van der Waals surface area (Å²) in [5.41, 5.74) is 0.125. The molecular formula is C20H21F3N6OS2. The zero-order chi connectivity index (χ0) is 23.5. The Labute approximate surface area is 192 Å². The number of allylic oxidation sites excluding steroid dienone is 2. The van der Waals surface area contributed by atoms with Crippen LogP contribution in [0.3, 0.4) is 0 Å². The number of likely N-dealkylation sites (tertiary alicyclic amines) is 1. The molecule has 12 heteroatoms. The number of carbonyl (C=O) groups is 1. The van der Waals surface area contributed by atoms with E-state index in [1.165, 1.54) is 29.6 Å². The van der Waals surface area contributed by atoms with Gasteiger partial charge in [0.1, 0.15) is 0 Å². The van der Waals surface area contributed by atoms with Crippen LogP contribution in [0.5, 0.6) is 0 Å². The summed E-state index contributed by atoms with van der Waals surface area (Å²) in [6.45, 7) is 1.84. The molecule has 0 radical (unpaired) electrons. The van der Waals surface area contributed by atoms with Crippen molar-refractivity contribution in [1.29, 1.82) is 5.26 Å². The highest BCUT2D eigenvalue weighted by molar-refractivity contribution is 8.40. The molecular weight excluding hydrogens is 461 g/mol. The van der Waals surface area contributed by atoms with Crippen LogP contribution in [0.2, 0.25) is 0 Å². The Kier molecular flexibility index (Phi) is 7.53. The average molecular weight is 483 g/mol. The van der Waals surface area contributed by atoms with Gasteiger partial charge in [-0.1, -0.05) is 29.6 Å². The van der Waals surface area contributed by atoms with Gasteiger partial charge < -0.3 is 4.90 Å². The minimum absolute atomic E-state index is 0.0364. The summed E-state index contributed by atoms with van der Waals surface area (Å²) in [6, 6.07) is 5.25. The van der Waals surface area contributed by atoms with Gasteiger partial charge in [-0.25, -0.2) is 0 Å². The van der Waals surface area contributed by atoms with Crippen molar-refractivity contribution >= 4 is 40.4 Å². The number of likely N-dealkylation sites (N-methyl/N-ethyl adjacent to an activating group) is 2. The van der Waals surface area contributed by atoms with Crippen LogP contribution in [0.15, 0.2) is 39.0 Å². The first-order valence-electron chi connectivity index (χ1n) is 9.50. The molecule has 0 spiro atoms. The number of hydrogen-bond donors (Lipinski definition) is 0. The number of aldehydes is 1. The van der Waals surface area contributed by atoms with Gasteiger partial charge >= 0.3 is 6.18 Å². The molecule has 0 aliphatic carbocycles. The standard InChI is InChI=1S/C20H21F3N6OS2/c1-27-9-16(10-27)28(2)25-8-17-18(11-30)32-19(26-29(17)3)31-12-13-4-5-15(20(21,22)23)6-14(13)7-24/h4-6,8,11,16H,9-10,12H2,1-3H3/b25-8-. The van der Waals surface area contributed by atoms with E-state index in [0.29, 0.717) is 26.6 Å². The van der Waals surface area contributed by atoms with Gasteiger partial charge in [-0.05, 0) is 24.7 Å². The largest absolute Gasteiger partial charge is 0.416 e. The third-order valence-corrected chi connectivity index (χ3v) is 7.15. The monoisotopic (exact) mass is 482 g/mol. The Morgan fingerprint density at radius 1 is 1.41 bits per heavy atom. The van der Waals surface area contributed by atoms with Crippen LogP contribution in [0.25, 0.3) is 0 Å². The molecule has 0 atom stereocenters. The predicted molar refractivity (Wildman–Crippen MR) is 121 cm³/mol. The Hall–Kier alpha value is -2.49. The number of carbonyl (C=O) groups excluding carboxylic acids is 1. The lowest BCUT2D eigenvalue weighted by atomic mass is 10.1. The van der Waals surface area contributed by atoms with Crippen molar-refractivity contribution in [3.05, 3.63) is 45.5 Å². The van der Waals surface area contributed by atoms with Gasteiger partial charge in [0, 0.05) is 32.9 Å². The zero-order valence-electron chi connectivity index (χ0n) is 17.6. The molecule has 2 aliphatic rings. The molecule has 3 rings (SSSR count). The molecule has 0 N–H and O–H groups in total. The second-order valence-corrected chi connectivity index (χ2v) is 9.58. The van der Waals surface area contributed by atoms with Gasteiger partial charge in [0.15, 0.2) is 10.7 Å². The summed E-state index contributed by atoms with van der Waals surface area (Å²) in [6.07, 6.45) is -2.18. The van der Waals surface area contributed by atoms with Crippen molar-refractivity contribution in [3.8, 4) is 6.07 Å². The highest BCUT2D eigenvalue weighted by Crippen LogP contribution is 2.35. The maximum Gasteiger partial charge on any atom is 0.416 e. The molecule has 0 aromatic heterocycles. The Morgan fingerprint density at radius 2 is 2.12 bits per heavy atom. The van der Waals surface area contributed by atoms with Crippen LogP contribution in [0, 0.1) is 11.3 Å². The summed E-state index contributed by atoms with van der Waals surface area (Å²) >= 11 is 2.41. The number of nitriles is 1. The molecule has 1 saturated heterocycles. The number of halogens is 3. The number of rotatable bonds is 6. The van der Waals surface area contributed by atoms with E-state index in [9.17, 15) is 23.2 Å². The topological polar surface area (TPSA) is 75.3 Å². The van der Waals surface area contributed by atoms with Crippen molar-refractivity contribution in [3.63, 3.8) is 0 Å². The van der Waals surface area contributed by atoms with Crippen LogP contribution >= 0.6 is 23.5 Å². The van der Waals surface area contributed by atoms with Crippen molar-refractivity contribution in [2.75, 3.05) is 34.2 Å². The first kappa shape index (κ1) is 24.2. The molecule has 0 saturated carbocycles. The highest BCUT2D eigenvalue weighted by Gasteiger charge is 2.31. The summed E-state index contributed by atoms with van der Waals surface area (Å²) in [7, 11) is 5.61. The lowest BCUT2D eigenvalue weighted by Gasteiger charge is -2.40. The van der Waals surface area contributed by atoms with Gasteiger partial charge in [-0.2, -0.15) is 28.6 Å². The van der Waals surface area contributed by atoms with E-state index in [2.05, 4.69) is 15.1 Å². The fourth-order valence-corrected chi connectivity index (χ4v) is 5.14. The fourth-order valence-electron chi connectivity index (χ4n) is 3.06. The minimum Gasteiger partial charge on any atom is -0.302 e. The van der Waals surface area contributed by atoms with E-state index in [-0.39, 0.29) is 11.3 Å². The van der Waals surface area contributed by atoms with Crippen LogP contribution in [-0.4, -0.2) is 72.1 Å². The minimum atomic E-state index is -4.51. The van der Waals surface area contributed by atoms with E-state index in [1.54, 1.807) is 18.3 Å². The molecule has 170 valence electrons. The summed E-state index contributed by atoms with van der Waals surface area (Å²) in [5, 5.41) is 21.5. The van der Waals surface area contributed by atoms with E-state index in [1.807, 2.05) is 25.2 Å². The van der Waals surface area contributed by atoms with Gasteiger partial charge in [0.05, 0.1) is 40.1 Å². The Balaban J connectivity index is 1.67. The highest BCUT2D eigenvalue weighted by atomic mass is 32.2. The Morgan fingerprint density at radius 3 is 2.72 bits per heavy atom. The average Bonchev–Trinajstić information content (AvgIpc) is 2.73. The molecule has 1 fully saturated rings. The molecule has 2 heterocycles. The van der Waals surface area contributed by atoms with Crippen molar-refractivity contribution in [1.82, 2.24) is 14.9 Å². The lowest BCUT2D eigenvalue weighted by Crippen LogP contribution is -2.55. The number of hydrogen-bond acceptors (Lipinski definition) is 9. The number of alkyl halides is 3. The molecule has 2 aliphatic heterocycles. The number of benzene rings is 1. The van der Waals surface area contributed by atoms with Gasteiger partial charge in [0.2, 0.25) is 0 Å². The third kappa shape index (κ3) is 5.65. The van der Waals surface area contributed by atoms with Gasteiger partial charge in [-0.3, -0.25) is 14.8 Å². The van der Waals surface area contributed by atoms with E-state index in [4.69, 9.17) is 0 Å². The third-order valence-electron chi connectivity index (χ3n) is 4.98. The quantitative estimate of drug-likeness (QED) is 0.350. The van der Waals surface area contributed by atoms with Crippen molar-refractivity contribution < 1.29 is 18.0 Å². The predicted octanol–water partition coefficient (Wildman–Crippen LogP) is 3.40. The molecule has 1 aromatic carbocycles. The zero-order valence-corrected chi connectivity index (χ0v) is 19.3. The molecule has 0 amide bonds. The molecule has 32 heavy (non-hydrogen) atoms. The van der Waals surface area contributed by atoms with Crippen molar-refractivity contribution in [2.45, 2.75) is 18.0 Å². The van der Waals surface area contributed by atoms with Gasteiger partial charge in [0.25, 0.3) is 0 Å². The smallest absolute Gasteiger partial charge is 0.302 e. The SMILES string of the molecule is CN1CC(N(C)/N=C\C2=C(C=O)SC(SCc3ccc(C(F)(F)F)cc3C#N)=NN2C)C1. The maximum absolute atomic E-state index is 12.9. The molecule has 1 aromatic rings. The first-order valence-corrected chi connectivity index (χ1v) is 11.3. The molecule has 7 nitrogen and oxygen atoms in total. The van der Waals surface area contributed by atoms with Crippen LogP contribution < -0.4 is 0 Å². The maximum atomic E-state index is 12.9. The van der Waals surface area contributed by atoms with Crippen LogP contribution in [0.4, 0.5) is 13.2 Å². The van der Waals surface area contributed by atoms with Gasteiger partial charge in [-0.15, -0.1) is 0 Å². The first-order chi connectivity index (χ1) is 15.1. The van der Waals surface area contributed by atoms with Crippen LogP contribution in [-0.2, 0) is 16.7 Å². The van der Waals surface area contributed by atoms with Crippen molar-refractivity contribution in [2.24, 2.45) is 10.2 Å². The molecule has 0 bridgehead atoms. The summed E-state index contributed by atoms with van der Waals surface area (Å²) < 4.78 is 39.2. The second-order valence-electron chi connectivity index (χ2n) is 7.32. The lowest BCUT2D eigenvalue weighted by molar-refractivity contribution is -0.137. The second kappa shape index (κ2) is 9.97. The summed E-state index contributed by atoms with van der Waals surface area (Å²) in [4.78, 5) is 14.3. The fraction of sp³-hybridized carbons (Fsp3) is 0.400. The van der Waals surface area contributed by atoms with Crippen LogP contribution in [0.1, 0.15) is 16.7 Å². The Bertz CT molecular complexity index is 1010. The molecule has 0 unspecified atom stereocenters.